The first kappa shape index (κ1) is 14.0. The van der Waals surface area contributed by atoms with Crippen molar-refractivity contribution in [1.29, 1.82) is 0 Å². The Morgan fingerprint density at radius 3 is 2.73 bits per heavy atom. The van der Waals surface area contributed by atoms with E-state index in [1.165, 1.54) is 30.3 Å². The van der Waals surface area contributed by atoms with Crippen LogP contribution in [0.15, 0.2) is 47.1 Å². The predicted octanol–water partition coefficient (Wildman–Crippen LogP) is 3.22. The van der Waals surface area contributed by atoms with Crippen LogP contribution >= 0.6 is 0 Å². The van der Waals surface area contributed by atoms with E-state index in [9.17, 15) is 13.6 Å². The molecule has 0 saturated heterocycles. The lowest BCUT2D eigenvalue weighted by molar-refractivity contribution is 0.0988. The number of amides is 1. The fraction of sp³-hybridized carbons (Fsp3) is 0.0667. The third-order valence-electron chi connectivity index (χ3n) is 3.18. The largest absolute Gasteiger partial charge is 0.463 e. The zero-order chi connectivity index (χ0) is 15.7. The van der Waals surface area contributed by atoms with Gasteiger partial charge in [0.05, 0.1) is 6.26 Å². The third kappa shape index (κ3) is 2.48. The number of hydrogen-bond acceptors (Lipinski definition) is 3. The smallest absolute Gasteiger partial charge is 0.278 e. The van der Waals surface area contributed by atoms with Crippen molar-refractivity contribution in [3.05, 3.63) is 60.0 Å². The van der Waals surface area contributed by atoms with E-state index in [-0.39, 0.29) is 11.4 Å². The van der Waals surface area contributed by atoms with Gasteiger partial charge in [-0.25, -0.2) is 8.78 Å². The maximum absolute atomic E-state index is 13.2. The van der Waals surface area contributed by atoms with E-state index in [0.717, 1.165) is 12.1 Å². The Morgan fingerprint density at radius 1 is 1.23 bits per heavy atom. The minimum Gasteiger partial charge on any atom is -0.463 e. The van der Waals surface area contributed by atoms with Gasteiger partial charge in [0.1, 0.15) is 5.69 Å². The number of halogens is 2. The van der Waals surface area contributed by atoms with Crippen LogP contribution in [0.3, 0.4) is 0 Å². The Kier molecular flexibility index (Phi) is 3.46. The number of benzene rings is 1. The number of nitrogens with one attached hydrogen (secondary N) is 1. The van der Waals surface area contributed by atoms with Crippen LogP contribution in [0.5, 0.6) is 0 Å². The molecule has 0 bridgehead atoms. The quantitative estimate of drug-likeness (QED) is 0.808. The third-order valence-corrected chi connectivity index (χ3v) is 3.18. The van der Waals surface area contributed by atoms with E-state index in [1.54, 1.807) is 12.1 Å². The molecule has 2 aromatic heterocycles. The molecule has 7 heteroatoms. The molecule has 0 aliphatic heterocycles. The molecule has 0 saturated carbocycles. The van der Waals surface area contributed by atoms with Crippen molar-refractivity contribution in [2.24, 2.45) is 0 Å². The molecule has 3 aromatic rings. The second-order valence-corrected chi connectivity index (χ2v) is 4.61. The Labute approximate surface area is 124 Å². The van der Waals surface area contributed by atoms with Gasteiger partial charge in [-0.3, -0.25) is 9.89 Å². The predicted molar refractivity (Wildman–Crippen MR) is 75.4 cm³/mol. The summed E-state index contributed by atoms with van der Waals surface area (Å²) in [5.74, 6) is -1.90. The normalized spacial score (nSPS) is 10.7. The number of nitrogens with zero attached hydrogens (tertiary/aromatic N) is 2. The van der Waals surface area contributed by atoms with Crippen molar-refractivity contribution < 1.29 is 18.0 Å². The van der Waals surface area contributed by atoms with Gasteiger partial charge in [0, 0.05) is 24.9 Å². The van der Waals surface area contributed by atoms with Crippen molar-refractivity contribution in [1.82, 2.24) is 10.2 Å². The molecule has 1 amide bonds. The van der Waals surface area contributed by atoms with Gasteiger partial charge in [-0.1, -0.05) is 0 Å². The van der Waals surface area contributed by atoms with Gasteiger partial charge in [-0.05, 0) is 24.3 Å². The topological polar surface area (TPSA) is 62.1 Å². The second kappa shape index (κ2) is 5.44. The van der Waals surface area contributed by atoms with Gasteiger partial charge in [0.2, 0.25) is 0 Å². The standard InChI is InChI=1S/C15H11F2N3O2/c1-20(9-4-5-10(16)11(17)7-9)15(21)13-8-12(18-19-13)14-3-2-6-22-14/h2-8H,1H3,(H,18,19). The first-order valence-corrected chi connectivity index (χ1v) is 6.38. The molecule has 0 radical (unpaired) electrons. The molecule has 5 nitrogen and oxygen atoms in total. The van der Waals surface area contributed by atoms with Crippen LogP contribution in [0.2, 0.25) is 0 Å². The molecule has 0 atom stereocenters. The summed E-state index contributed by atoms with van der Waals surface area (Å²) in [6, 6.07) is 8.19. The lowest BCUT2D eigenvalue weighted by Gasteiger charge is -2.15. The number of H-pyrrole nitrogens is 1. The molecular weight excluding hydrogens is 292 g/mol. The monoisotopic (exact) mass is 303 g/mol. The summed E-state index contributed by atoms with van der Waals surface area (Å²) in [6.45, 7) is 0. The van der Waals surface area contributed by atoms with Gasteiger partial charge in [0.25, 0.3) is 5.91 Å². The highest BCUT2D eigenvalue weighted by Gasteiger charge is 2.19. The lowest BCUT2D eigenvalue weighted by atomic mass is 10.2. The summed E-state index contributed by atoms with van der Waals surface area (Å²) >= 11 is 0. The van der Waals surface area contributed by atoms with E-state index in [1.807, 2.05) is 0 Å². The molecule has 0 aliphatic rings. The van der Waals surface area contributed by atoms with Crippen molar-refractivity contribution in [2.75, 3.05) is 11.9 Å². The molecule has 0 aliphatic carbocycles. The average Bonchev–Trinajstić information content (AvgIpc) is 3.19. The minimum atomic E-state index is -1.02. The van der Waals surface area contributed by atoms with Crippen LogP contribution < -0.4 is 4.90 Å². The highest BCUT2D eigenvalue weighted by atomic mass is 19.2. The Morgan fingerprint density at radius 2 is 2.05 bits per heavy atom. The highest BCUT2D eigenvalue weighted by molar-refractivity contribution is 6.04. The van der Waals surface area contributed by atoms with Gasteiger partial charge in [0.15, 0.2) is 23.1 Å². The van der Waals surface area contributed by atoms with Gasteiger partial charge >= 0.3 is 0 Å². The number of furan rings is 1. The van der Waals surface area contributed by atoms with E-state index < -0.39 is 17.5 Å². The Balaban J connectivity index is 1.85. The SMILES string of the molecule is CN(C(=O)c1cc(-c2ccco2)[nH]n1)c1ccc(F)c(F)c1. The van der Waals surface area contributed by atoms with Crippen molar-refractivity contribution in [2.45, 2.75) is 0 Å². The Hall–Kier alpha value is -2.96. The summed E-state index contributed by atoms with van der Waals surface area (Å²) in [6.07, 6.45) is 1.51. The Bertz CT molecular complexity index is 812. The molecular formula is C15H11F2N3O2. The number of anilines is 1. The summed E-state index contributed by atoms with van der Waals surface area (Å²) in [7, 11) is 1.45. The zero-order valence-electron chi connectivity index (χ0n) is 11.5. The molecule has 0 fully saturated rings. The second-order valence-electron chi connectivity index (χ2n) is 4.61. The number of aromatic amines is 1. The van der Waals surface area contributed by atoms with Crippen LogP contribution in [0.25, 0.3) is 11.5 Å². The maximum Gasteiger partial charge on any atom is 0.278 e. The summed E-state index contributed by atoms with van der Waals surface area (Å²) in [5, 5.41) is 6.61. The fourth-order valence-corrected chi connectivity index (χ4v) is 1.97. The molecule has 0 spiro atoms. The van der Waals surface area contributed by atoms with Crippen LogP contribution in [0, 0.1) is 11.6 Å². The number of carbonyl (C=O) groups is 1. The average molecular weight is 303 g/mol. The van der Waals surface area contributed by atoms with E-state index in [2.05, 4.69) is 10.2 Å². The van der Waals surface area contributed by atoms with Crippen LogP contribution in [-0.4, -0.2) is 23.2 Å². The van der Waals surface area contributed by atoms with Crippen molar-refractivity contribution in [3.63, 3.8) is 0 Å². The molecule has 0 unspecified atom stereocenters. The highest BCUT2D eigenvalue weighted by Crippen LogP contribution is 2.21. The zero-order valence-corrected chi connectivity index (χ0v) is 11.5. The lowest BCUT2D eigenvalue weighted by Crippen LogP contribution is -2.26. The number of hydrogen-bond donors (Lipinski definition) is 1. The first-order chi connectivity index (χ1) is 10.6. The summed E-state index contributed by atoms with van der Waals surface area (Å²) in [5.41, 5.74) is 0.914. The van der Waals surface area contributed by atoms with Crippen molar-refractivity contribution >= 4 is 11.6 Å². The molecule has 3 rings (SSSR count). The fourth-order valence-electron chi connectivity index (χ4n) is 1.97. The molecule has 2 heterocycles. The molecule has 1 N–H and O–H groups in total. The van der Waals surface area contributed by atoms with Crippen LogP contribution in [0.1, 0.15) is 10.5 Å². The number of aromatic nitrogens is 2. The maximum atomic E-state index is 13.2. The number of rotatable bonds is 3. The minimum absolute atomic E-state index is 0.138. The molecule has 112 valence electrons. The van der Waals surface area contributed by atoms with E-state index in [0.29, 0.717) is 11.5 Å². The van der Waals surface area contributed by atoms with E-state index >= 15 is 0 Å². The van der Waals surface area contributed by atoms with Gasteiger partial charge in [-0.2, -0.15) is 5.10 Å². The first-order valence-electron chi connectivity index (χ1n) is 6.38. The van der Waals surface area contributed by atoms with Gasteiger partial charge in [-0.15, -0.1) is 0 Å². The van der Waals surface area contributed by atoms with Gasteiger partial charge < -0.3 is 9.32 Å². The van der Waals surface area contributed by atoms with E-state index in [4.69, 9.17) is 4.42 Å². The van der Waals surface area contributed by atoms with Crippen LogP contribution in [0.4, 0.5) is 14.5 Å². The molecule has 22 heavy (non-hydrogen) atoms. The summed E-state index contributed by atoms with van der Waals surface area (Å²) in [4.78, 5) is 13.5. The van der Waals surface area contributed by atoms with Crippen molar-refractivity contribution in [3.8, 4) is 11.5 Å². The number of carbonyl (C=O) groups excluding carboxylic acids is 1. The molecule has 1 aromatic carbocycles. The summed E-state index contributed by atoms with van der Waals surface area (Å²) < 4.78 is 31.4. The van der Waals surface area contributed by atoms with Crippen LogP contribution in [-0.2, 0) is 0 Å².